The van der Waals surface area contributed by atoms with Gasteiger partial charge in [-0.05, 0) is 37.6 Å². The Morgan fingerprint density at radius 1 is 1.19 bits per heavy atom. The Bertz CT molecular complexity index is 672. The minimum Gasteiger partial charge on any atom is -0.478 e. The molecule has 21 heavy (non-hydrogen) atoms. The Morgan fingerprint density at radius 2 is 1.71 bits per heavy atom. The van der Waals surface area contributed by atoms with Crippen molar-refractivity contribution >= 4 is 33.5 Å². The topological polar surface area (TPSA) is 101 Å². The van der Waals surface area contributed by atoms with E-state index in [9.17, 15) is 18.0 Å². The molecule has 0 aromatic heterocycles. The van der Waals surface area contributed by atoms with Crippen LogP contribution in [0.2, 0.25) is 0 Å². The maximum absolute atomic E-state index is 12.0. The average molecular weight is 311 g/mol. The molecule has 1 aromatic carbocycles. The monoisotopic (exact) mass is 311 g/mol. The van der Waals surface area contributed by atoms with Crippen molar-refractivity contribution in [2.45, 2.75) is 18.6 Å². The van der Waals surface area contributed by atoms with Crippen LogP contribution in [0.15, 0.2) is 30.3 Å². The lowest BCUT2D eigenvalue weighted by Gasteiger charge is -2.21. The maximum Gasteiger partial charge on any atom is 0.328 e. The van der Waals surface area contributed by atoms with Crippen LogP contribution in [0.5, 0.6) is 0 Å². The van der Waals surface area contributed by atoms with E-state index in [0.717, 1.165) is 12.3 Å². The molecule has 1 rings (SSSR count). The summed E-state index contributed by atoms with van der Waals surface area (Å²) in [6.07, 6.45) is 3.42. The van der Waals surface area contributed by atoms with E-state index in [1.807, 2.05) is 0 Å². The van der Waals surface area contributed by atoms with Crippen molar-refractivity contribution in [3.63, 3.8) is 0 Å². The van der Waals surface area contributed by atoms with Crippen molar-refractivity contribution in [2.75, 3.05) is 11.6 Å². The Balaban J connectivity index is 2.86. The highest BCUT2D eigenvalue weighted by atomic mass is 32.2. The van der Waals surface area contributed by atoms with Crippen LogP contribution >= 0.6 is 0 Å². The minimum absolute atomic E-state index is 0.434. The first kappa shape index (κ1) is 16.9. The Kier molecular flexibility index (Phi) is 4.90. The van der Waals surface area contributed by atoms with Gasteiger partial charge < -0.3 is 10.4 Å². The predicted molar refractivity (Wildman–Crippen MR) is 80.7 cm³/mol. The molecule has 0 fully saturated rings. The zero-order chi connectivity index (χ0) is 16.3. The second kappa shape index (κ2) is 6.09. The predicted octanol–water partition coefficient (Wildman–Crippen LogP) is 1.55. The fourth-order valence-corrected chi connectivity index (χ4v) is 1.68. The van der Waals surface area contributed by atoms with Gasteiger partial charge in [0.25, 0.3) is 0 Å². The quantitative estimate of drug-likeness (QED) is 0.803. The molecule has 1 amide bonds. The van der Waals surface area contributed by atoms with Gasteiger partial charge in [-0.25, -0.2) is 13.2 Å². The maximum atomic E-state index is 12.0. The molecule has 2 N–H and O–H groups in total. The lowest BCUT2D eigenvalue weighted by molar-refractivity contribution is -0.131. The SMILES string of the molecule is CC(C)(C(=O)Nc1ccc(C=CC(=O)O)cc1)S(C)(=O)=O. The van der Waals surface area contributed by atoms with Crippen LogP contribution in [0, 0.1) is 0 Å². The molecule has 0 aliphatic rings. The van der Waals surface area contributed by atoms with E-state index in [-0.39, 0.29) is 0 Å². The largest absolute Gasteiger partial charge is 0.478 e. The van der Waals surface area contributed by atoms with Gasteiger partial charge in [0.2, 0.25) is 5.91 Å². The lowest BCUT2D eigenvalue weighted by Crippen LogP contribution is -2.43. The molecular weight excluding hydrogens is 294 g/mol. The average Bonchev–Trinajstić information content (AvgIpc) is 2.36. The highest BCUT2D eigenvalue weighted by Crippen LogP contribution is 2.19. The van der Waals surface area contributed by atoms with Crippen LogP contribution in [0.1, 0.15) is 19.4 Å². The van der Waals surface area contributed by atoms with Gasteiger partial charge in [-0.15, -0.1) is 0 Å². The molecule has 1 aromatic rings. The highest BCUT2D eigenvalue weighted by Gasteiger charge is 2.38. The van der Waals surface area contributed by atoms with Crippen molar-refractivity contribution in [3.8, 4) is 0 Å². The van der Waals surface area contributed by atoms with Crippen LogP contribution in [0.4, 0.5) is 5.69 Å². The minimum atomic E-state index is -3.54. The van der Waals surface area contributed by atoms with Crippen molar-refractivity contribution in [2.24, 2.45) is 0 Å². The summed E-state index contributed by atoms with van der Waals surface area (Å²) in [4.78, 5) is 22.4. The number of carbonyl (C=O) groups excluding carboxylic acids is 1. The number of carboxylic acids is 1. The zero-order valence-electron chi connectivity index (χ0n) is 12.0. The summed E-state index contributed by atoms with van der Waals surface area (Å²) in [5.74, 6) is -1.68. The molecule has 0 aliphatic carbocycles. The van der Waals surface area contributed by atoms with Gasteiger partial charge >= 0.3 is 5.97 Å². The highest BCUT2D eigenvalue weighted by molar-refractivity contribution is 7.92. The lowest BCUT2D eigenvalue weighted by atomic mass is 10.1. The summed E-state index contributed by atoms with van der Waals surface area (Å²) in [6, 6.07) is 6.36. The van der Waals surface area contributed by atoms with Crippen molar-refractivity contribution in [1.82, 2.24) is 0 Å². The molecule has 0 unspecified atom stereocenters. The number of rotatable bonds is 5. The third-order valence-corrected chi connectivity index (χ3v) is 5.10. The van der Waals surface area contributed by atoms with E-state index in [1.165, 1.54) is 19.9 Å². The third kappa shape index (κ3) is 4.42. The van der Waals surface area contributed by atoms with Crippen molar-refractivity contribution in [1.29, 1.82) is 0 Å². The van der Waals surface area contributed by atoms with Crippen LogP contribution in [0.3, 0.4) is 0 Å². The van der Waals surface area contributed by atoms with E-state index in [2.05, 4.69) is 5.32 Å². The van der Waals surface area contributed by atoms with Gasteiger partial charge in [-0.3, -0.25) is 4.79 Å². The van der Waals surface area contributed by atoms with Crippen LogP contribution < -0.4 is 5.32 Å². The van der Waals surface area contributed by atoms with Gasteiger partial charge in [-0.2, -0.15) is 0 Å². The van der Waals surface area contributed by atoms with Gasteiger partial charge in [0.05, 0.1) is 0 Å². The summed E-state index contributed by atoms with van der Waals surface area (Å²) in [5, 5.41) is 11.0. The van der Waals surface area contributed by atoms with E-state index < -0.39 is 26.5 Å². The van der Waals surface area contributed by atoms with Gasteiger partial charge in [0.1, 0.15) is 4.75 Å². The summed E-state index contributed by atoms with van der Waals surface area (Å²) in [5.41, 5.74) is 1.09. The van der Waals surface area contributed by atoms with Gasteiger partial charge in [0, 0.05) is 18.0 Å². The first-order chi connectivity index (χ1) is 9.54. The zero-order valence-corrected chi connectivity index (χ0v) is 12.8. The smallest absolute Gasteiger partial charge is 0.328 e. The molecule has 0 spiro atoms. The number of hydrogen-bond acceptors (Lipinski definition) is 4. The van der Waals surface area contributed by atoms with Gasteiger partial charge in [0.15, 0.2) is 9.84 Å². The molecule has 0 saturated heterocycles. The molecule has 114 valence electrons. The number of anilines is 1. The number of benzene rings is 1. The molecular formula is C14H17NO5S. The number of hydrogen-bond donors (Lipinski definition) is 2. The second-order valence-electron chi connectivity index (χ2n) is 5.03. The van der Waals surface area contributed by atoms with Crippen LogP contribution in [-0.2, 0) is 19.4 Å². The Labute approximate surface area is 123 Å². The number of nitrogens with one attached hydrogen (secondary N) is 1. The van der Waals surface area contributed by atoms with Crippen LogP contribution in [-0.4, -0.2) is 36.4 Å². The summed E-state index contributed by atoms with van der Waals surface area (Å²) >= 11 is 0. The molecule has 0 atom stereocenters. The van der Waals surface area contributed by atoms with Crippen LogP contribution in [0.25, 0.3) is 6.08 Å². The normalized spacial score (nSPS) is 12.3. The summed E-state index contributed by atoms with van der Waals surface area (Å²) in [6.45, 7) is 2.67. The summed E-state index contributed by atoms with van der Waals surface area (Å²) in [7, 11) is -3.54. The van der Waals surface area contributed by atoms with E-state index in [1.54, 1.807) is 24.3 Å². The number of amides is 1. The Hall–Kier alpha value is -2.15. The van der Waals surface area contributed by atoms with E-state index in [0.29, 0.717) is 11.3 Å². The molecule has 0 aliphatic heterocycles. The molecule has 0 saturated carbocycles. The fourth-order valence-electron chi connectivity index (χ4n) is 1.30. The molecule has 0 bridgehead atoms. The first-order valence-corrected chi connectivity index (χ1v) is 7.95. The first-order valence-electron chi connectivity index (χ1n) is 6.06. The summed E-state index contributed by atoms with van der Waals surface area (Å²) < 4.78 is 21.6. The molecule has 7 heteroatoms. The number of aliphatic carboxylic acids is 1. The van der Waals surface area contributed by atoms with E-state index >= 15 is 0 Å². The fraction of sp³-hybridized carbons (Fsp3) is 0.286. The van der Waals surface area contributed by atoms with Gasteiger partial charge in [-0.1, -0.05) is 12.1 Å². The van der Waals surface area contributed by atoms with E-state index in [4.69, 9.17) is 5.11 Å². The van der Waals surface area contributed by atoms with Crippen molar-refractivity contribution < 1.29 is 23.1 Å². The van der Waals surface area contributed by atoms with Crippen molar-refractivity contribution in [3.05, 3.63) is 35.9 Å². The number of carboxylic acid groups (broad SMARTS) is 1. The standard InChI is InChI=1S/C14H17NO5S/c1-14(2,21(3,19)20)13(18)15-11-7-4-10(5-8-11)6-9-12(16)17/h4-9H,1-3H3,(H,15,18)(H,16,17). The third-order valence-electron chi connectivity index (χ3n) is 3.06. The number of sulfone groups is 1. The second-order valence-corrected chi connectivity index (χ2v) is 7.60. The molecule has 0 radical (unpaired) electrons. The molecule has 6 nitrogen and oxygen atoms in total. The number of carbonyl (C=O) groups is 2. The molecule has 0 heterocycles. The Morgan fingerprint density at radius 3 is 2.14 bits per heavy atom.